The normalized spacial score (nSPS) is 10.9. The molecule has 17 heavy (non-hydrogen) atoms. The summed E-state index contributed by atoms with van der Waals surface area (Å²) in [6, 6.07) is 1.44. The molecule has 0 aromatic carbocycles. The maximum absolute atomic E-state index is 11.6. The van der Waals surface area contributed by atoms with E-state index in [0.717, 1.165) is 24.1 Å². The topological polar surface area (TPSA) is 59.3 Å². The van der Waals surface area contributed by atoms with Crippen molar-refractivity contribution >= 4 is 5.82 Å². The Morgan fingerprint density at radius 2 is 1.88 bits per heavy atom. The first-order chi connectivity index (χ1) is 7.93. The predicted molar refractivity (Wildman–Crippen MR) is 68.6 cm³/mol. The van der Waals surface area contributed by atoms with Crippen LogP contribution < -0.4 is 16.6 Å². The highest BCUT2D eigenvalue weighted by atomic mass is 16.2. The molecule has 96 valence electrons. The zero-order valence-electron chi connectivity index (χ0n) is 10.9. The summed E-state index contributed by atoms with van der Waals surface area (Å²) >= 11 is 0. The van der Waals surface area contributed by atoms with E-state index in [0.29, 0.717) is 5.82 Å². The van der Waals surface area contributed by atoms with Crippen LogP contribution in [0, 0.1) is 0 Å². The van der Waals surface area contributed by atoms with Gasteiger partial charge in [0.2, 0.25) is 0 Å². The Kier molecular flexibility index (Phi) is 4.51. The maximum atomic E-state index is 11.6. The average Bonchev–Trinajstić information content (AvgIpc) is 2.27. The number of aromatic nitrogens is 2. The van der Waals surface area contributed by atoms with Crippen LogP contribution in [0.15, 0.2) is 15.7 Å². The van der Waals surface area contributed by atoms with Crippen molar-refractivity contribution in [3.8, 4) is 0 Å². The molecule has 1 rings (SSSR count). The van der Waals surface area contributed by atoms with E-state index >= 15 is 0 Å². The largest absolute Gasteiger partial charge is 0.371 e. The minimum atomic E-state index is -0.312. The Labute approximate surface area is 100 Å². The van der Waals surface area contributed by atoms with Gasteiger partial charge in [-0.1, -0.05) is 0 Å². The lowest BCUT2D eigenvalue weighted by Crippen LogP contribution is -2.37. The van der Waals surface area contributed by atoms with Gasteiger partial charge in [-0.3, -0.25) is 13.9 Å². The third-order valence-corrected chi connectivity index (χ3v) is 2.61. The second kappa shape index (κ2) is 5.67. The zero-order valence-corrected chi connectivity index (χ0v) is 10.9. The quantitative estimate of drug-likeness (QED) is 0.701. The number of nitrogens with one attached hydrogen (secondary N) is 1. The summed E-state index contributed by atoms with van der Waals surface area (Å²) in [4.78, 5) is 25.2. The molecule has 0 amide bonds. The summed E-state index contributed by atoms with van der Waals surface area (Å²) in [6.45, 7) is 1.70. The van der Waals surface area contributed by atoms with Crippen LogP contribution in [0.5, 0.6) is 0 Å². The molecule has 0 aliphatic rings. The van der Waals surface area contributed by atoms with Gasteiger partial charge < -0.3 is 10.2 Å². The second-order valence-corrected chi connectivity index (χ2v) is 4.35. The fourth-order valence-corrected chi connectivity index (χ4v) is 1.51. The van der Waals surface area contributed by atoms with E-state index in [4.69, 9.17) is 0 Å². The highest BCUT2D eigenvalue weighted by molar-refractivity contribution is 5.33. The average molecular weight is 240 g/mol. The number of hydrogen-bond donors (Lipinski definition) is 1. The minimum absolute atomic E-state index is 0.289. The molecule has 0 unspecified atom stereocenters. The molecule has 6 nitrogen and oxygen atoms in total. The standard InChI is InChI=1S/C11H20N4O2/c1-13(2)7-5-6-12-9-8-10(16)15(4)11(17)14(9)3/h8,12H,5-7H2,1-4H3. The van der Waals surface area contributed by atoms with Crippen molar-refractivity contribution in [1.82, 2.24) is 14.0 Å². The Balaban J connectivity index is 2.73. The van der Waals surface area contributed by atoms with Gasteiger partial charge in [0.25, 0.3) is 5.56 Å². The SMILES string of the molecule is CN(C)CCCNc1cc(=O)n(C)c(=O)n1C. The summed E-state index contributed by atoms with van der Waals surface area (Å²) in [5.74, 6) is 0.567. The van der Waals surface area contributed by atoms with Crippen molar-refractivity contribution in [2.24, 2.45) is 14.1 Å². The zero-order chi connectivity index (χ0) is 13.0. The molecular formula is C11H20N4O2. The van der Waals surface area contributed by atoms with Crippen LogP contribution in [0.25, 0.3) is 0 Å². The van der Waals surface area contributed by atoms with E-state index < -0.39 is 0 Å². The van der Waals surface area contributed by atoms with E-state index in [1.54, 1.807) is 7.05 Å². The summed E-state index contributed by atoms with van der Waals surface area (Å²) in [7, 11) is 7.14. The summed E-state index contributed by atoms with van der Waals surface area (Å²) in [5.41, 5.74) is -0.601. The predicted octanol–water partition coefficient (Wildman–Crippen LogP) is -0.552. The molecule has 0 radical (unpaired) electrons. The van der Waals surface area contributed by atoms with E-state index in [1.807, 2.05) is 14.1 Å². The first-order valence-corrected chi connectivity index (χ1v) is 5.59. The van der Waals surface area contributed by atoms with Gasteiger partial charge in [-0.2, -0.15) is 0 Å². The van der Waals surface area contributed by atoms with Crippen LogP contribution in [-0.4, -0.2) is 41.2 Å². The second-order valence-electron chi connectivity index (χ2n) is 4.35. The molecule has 0 saturated heterocycles. The van der Waals surface area contributed by atoms with Gasteiger partial charge in [0.15, 0.2) is 0 Å². The van der Waals surface area contributed by atoms with Gasteiger partial charge in [0, 0.05) is 26.7 Å². The lowest BCUT2D eigenvalue weighted by molar-refractivity contribution is 0.405. The van der Waals surface area contributed by atoms with Crippen LogP contribution in [0.3, 0.4) is 0 Å². The fourth-order valence-electron chi connectivity index (χ4n) is 1.51. The van der Waals surface area contributed by atoms with E-state index in [2.05, 4.69) is 10.2 Å². The van der Waals surface area contributed by atoms with Crippen molar-refractivity contribution in [1.29, 1.82) is 0 Å². The Morgan fingerprint density at radius 3 is 2.47 bits per heavy atom. The maximum Gasteiger partial charge on any atom is 0.332 e. The molecule has 6 heteroatoms. The van der Waals surface area contributed by atoms with Crippen molar-refractivity contribution < 1.29 is 0 Å². The van der Waals surface area contributed by atoms with Gasteiger partial charge in [0.1, 0.15) is 5.82 Å². The van der Waals surface area contributed by atoms with E-state index in [9.17, 15) is 9.59 Å². The van der Waals surface area contributed by atoms with Gasteiger partial charge in [-0.15, -0.1) is 0 Å². The third kappa shape index (κ3) is 3.45. The first kappa shape index (κ1) is 13.5. The van der Waals surface area contributed by atoms with Gasteiger partial charge >= 0.3 is 5.69 Å². The van der Waals surface area contributed by atoms with Crippen LogP contribution in [0.4, 0.5) is 5.82 Å². The molecule has 0 aliphatic heterocycles. The van der Waals surface area contributed by atoms with E-state index in [1.165, 1.54) is 17.7 Å². The minimum Gasteiger partial charge on any atom is -0.371 e. The molecule has 1 aromatic heterocycles. The third-order valence-electron chi connectivity index (χ3n) is 2.61. The van der Waals surface area contributed by atoms with Crippen LogP contribution in [-0.2, 0) is 14.1 Å². The smallest absolute Gasteiger partial charge is 0.332 e. The molecule has 0 saturated carbocycles. The van der Waals surface area contributed by atoms with Crippen molar-refractivity contribution in [2.75, 3.05) is 32.5 Å². The molecule has 0 bridgehead atoms. The Morgan fingerprint density at radius 1 is 1.24 bits per heavy atom. The molecule has 1 aromatic rings. The number of anilines is 1. The first-order valence-electron chi connectivity index (χ1n) is 5.59. The van der Waals surface area contributed by atoms with Crippen LogP contribution in [0.2, 0.25) is 0 Å². The monoisotopic (exact) mass is 240 g/mol. The summed E-state index contributed by atoms with van der Waals surface area (Å²) < 4.78 is 2.53. The molecule has 0 fully saturated rings. The molecule has 0 aliphatic carbocycles. The Hall–Kier alpha value is -1.56. The lowest BCUT2D eigenvalue weighted by Gasteiger charge is -2.13. The highest BCUT2D eigenvalue weighted by Gasteiger charge is 2.04. The highest BCUT2D eigenvalue weighted by Crippen LogP contribution is 1.98. The van der Waals surface area contributed by atoms with Crippen molar-refractivity contribution in [3.05, 3.63) is 26.9 Å². The van der Waals surface area contributed by atoms with Crippen molar-refractivity contribution in [3.63, 3.8) is 0 Å². The lowest BCUT2D eigenvalue weighted by atomic mass is 10.4. The van der Waals surface area contributed by atoms with Gasteiger partial charge in [-0.05, 0) is 27.1 Å². The van der Waals surface area contributed by atoms with Gasteiger partial charge in [0.05, 0.1) is 0 Å². The fraction of sp³-hybridized carbons (Fsp3) is 0.636. The Bertz CT molecular complexity index is 487. The summed E-state index contributed by atoms with van der Waals surface area (Å²) in [6.07, 6.45) is 0.955. The van der Waals surface area contributed by atoms with Gasteiger partial charge in [-0.25, -0.2) is 4.79 Å². The molecule has 1 N–H and O–H groups in total. The molecule has 0 atom stereocenters. The van der Waals surface area contributed by atoms with Crippen molar-refractivity contribution in [2.45, 2.75) is 6.42 Å². The number of rotatable bonds is 5. The van der Waals surface area contributed by atoms with Crippen LogP contribution in [0.1, 0.15) is 6.42 Å². The number of nitrogens with zero attached hydrogens (tertiary/aromatic N) is 3. The number of hydrogen-bond acceptors (Lipinski definition) is 4. The molecule has 0 spiro atoms. The summed E-state index contributed by atoms with van der Waals surface area (Å²) in [5, 5.41) is 3.10. The van der Waals surface area contributed by atoms with E-state index in [-0.39, 0.29) is 11.2 Å². The molecule has 1 heterocycles. The molecular weight excluding hydrogens is 220 g/mol. The van der Waals surface area contributed by atoms with Crippen LogP contribution >= 0.6 is 0 Å².